The third kappa shape index (κ3) is 10.6. The highest BCUT2D eigenvalue weighted by Gasteiger charge is 2.51. The number of nitrogens with one attached hydrogen (secondary N) is 2. The van der Waals surface area contributed by atoms with Gasteiger partial charge in [0.15, 0.2) is 0 Å². The second kappa shape index (κ2) is 16.1. The molecule has 2 fully saturated rings. The van der Waals surface area contributed by atoms with E-state index in [1.807, 2.05) is 64.8 Å². The molecule has 2 aliphatic rings. The smallest absolute Gasteiger partial charge is 0.445 e. The van der Waals surface area contributed by atoms with E-state index in [0.717, 1.165) is 35.5 Å². The van der Waals surface area contributed by atoms with Crippen LogP contribution in [0.5, 0.6) is 0 Å². The number of hydrogen-bond acceptors (Lipinski definition) is 6. The third-order valence-electron chi connectivity index (χ3n) is 7.74. The third-order valence-corrected chi connectivity index (χ3v) is 8.06. The van der Waals surface area contributed by atoms with Gasteiger partial charge in [0.2, 0.25) is 5.91 Å². The number of amides is 2. The summed E-state index contributed by atoms with van der Waals surface area (Å²) >= 11 is 4.24. The first-order valence-corrected chi connectivity index (χ1v) is 15.2. The molecule has 0 atom stereocenters. The van der Waals surface area contributed by atoms with Crippen LogP contribution in [0, 0.1) is 31.2 Å². The summed E-state index contributed by atoms with van der Waals surface area (Å²) in [6.07, 6.45) is 15.0. The molecule has 1 aliphatic carbocycles. The normalized spacial score (nSPS) is 18.7. The van der Waals surface area contributed by atoms with Gasteiger partial charge in [0, 0.05) is 18.9 Å². The summed E-state index contributed by atoms with van der Waals surface area (Å²) < 4.78 is 17.6. The van der Waals surface area contributed by atoms with E-state index in [9.17, 15) is 9.59 Å². The maximum Gasteiger partial charge on any atom is 0.494 e. The van der Waals surface area contributed by atoms with E-state index in [2.05, 4.69) is 23.3 Å². The fraction of sp³-hybridized carbons (Fsp3) is 0.581. The lowest BCUT2D eigenvalue weighted by Gasteiger charge is -2.32. The number of benzene rings is 1. The molecule has 1 saturated carbocycles. The van der Waals surface area contributed by atoms with E-state index < -0.39 is 24.4 Å². The molecule has 0 spiro atoms. The van der Waals surface area contributed by atoms with E-state index in [-0.39, 0.29) is 12.5 Å². The van der Waals surface area contributed by atoms with Crippen molar-refractivity contribution in [3.63, 3.8) is 0 Å². The van der Waals surface area contributed by atoms with Crippen molar-refractivity contribution < 1.29 is 23.6 Å². The van der Waals surface area contributed by atoms with Gasteiger partial charge in [-0.2, -0.15) is 12.6 Å². The molecule has 1 saturated heterocycles. The zero-order valence-electron chi connectivity index (χ0n) is 24.6. The van der Waals surface area contributed by atoms with Crippen molar-refractivity contribution in [1.82, 2.24) is 10.6 Å². The van der Waals surface area contributed by atoms with Crippen molar-refractivity contribution in [2.45, 2.75) is 103 Å². The van der Waals surface area contributed by atoms with Crippen LogP contribution >= 0.6 is 12.6 Å². The monoisotopic (exact) mass is 569 g/mol. The van der Waals surface area contributed by atoms with Crippen LogP contribution in [0.3, 0.4) is 0 Å². The van der Waals surface area contributed by atoms with Gasteiger partial charge in [-0.1, -0.05) is 62.8 Å². The molecule has 1 aliphatic heterocycles. The van der Waals surface area contributed by atoms with Gasteiger partial charge in [-0.3, -0.25) is 4.79 Å². The van der Waals surface area contributed by atoms with Gasteiger partial charge in [0.05, 0.1) is 17.2 Å². The Morgan fingerprint density at radius 1 is 0.875 bits per heavy atom. The number of carbonyl (C=O) groups is 2. The zero-order chi connectivity index (χ0) is 29.0. The fourth-order valence-corrected chi connectivity index (χ4v) is 4.70. The van der Waals surface area contributed by atoms with Gasteiger partial charge in [-0.25, -0.2) is 4.79 Å². The molecule has 5 radical (unpaired) electrons. The summed E-state index contributed by atoms with van der Waals surface area (Å²) in [6.45, 7) is 8.69. The predicted octanol–water partition coefficient (Wildman–Crippen LogP) is 5.50. The number of hydrogen-bond donors (Lipinski definition) is 3. The summed E-state index contributed by atoms with van der Waals surface area (Å²) in [6, 6.07) is 8.32. The molecule has 219 valence electrons. The highest BCUT2D eigenvalue weighted by molar-refractivity contribution is 7.80. The quantitative estimate of drug-likeness (QED) is 0.139. The second-order valence-corrected chi connectivity index (χ2v) is 12.1. The van der Waals surface area contributed by atoms with Crippen LogP contribution in [0.4, 0.5) is 4.79 Å². The maximum atomic E-state index is 12.3. The van der Waals surface area contributed by atoms with Crippen molar-refractivity contribution in [3.8, 4) is 0 Å². The standard InChI is InChI=1S/C31H46BN2O5S/c1-30(2)31(3,4)39-32(38-30)26-17-14-24(15-18-26)23-37-29(36)34-27-19-16-25(21-27)22-33-28(35)13-11-9-7-5-6-8-10-12-20-40/h14-19,21,40H,5-13,20,22-23H2,1-4H3,(H,33,35)(H,34,36). The number of unbranched alkanes of at least 4 members (excludes halogenated alkanes) is 7. The molecule has 3 rings (SSSR count). The van der Waals surface area contributed by atoms with Crippen LogP contribution in [0.25, 0.3) is 0 Å². The average Bonchev–Trinajstić information content (AvgIpc) is 3.45. The SMILES string of the molecule is CC1(C)OB(c2ccc(COC(=O)N[C]3[CH][CH][C](CNC(=O)CCCCCCCCCCS)[CH]3)cc2)OC1(C)C. The van der Waals surface area contributed by atoms with E-state index in [0.29, 0.717) is 19.0 Å². The minimum absolute atomic E-state index is 0.0633. The largest absolute Gasteiger partial charge is 0.494 e. The first kappa shape index (κ1) is 32.8. The Bertz CT molecular complexity index is 911. The summed E-state index contributed by atoms with van der Waals surface area (Å²) in [5.74, 6) is 1.97. The first-order chi connectivity index (χ1) is 19.1. The van der Waals surface area contributed by atoms with Crippen molar-refractivity contribution in [3.05, 3.63) is 61.1 Å². The molecule has 2 amide bonds. The number of carbonyl (C=O) groups excluding carboxylic acids is 2. The maximum absolute atomic E-state index is 12.3. The van der Waals surface area contributed by atoms with Crippen molar-refractivity contribution in [1.29, 1.82) is 0 Å². The van der Waals surface area contributed by atoms with Gasteiger partial charge in [0.1, 0.15) is 6.61 Å². The summed E-state index contributed by atoms with van der Waals surface area (Å²) in [7, 11) is -0.424. The van der Waals surface area contributed by atoms with Crippen molar-refractivity contribution in [2.24, 2.45) is 0 Å². The molecule has 7 nitrogen and oxygen atoms in total. The summed E-state index contributed by atoms with van der Waals surface area (Å²) in [5, 5.41) is 5.71. The van der Waals surface area contributed by atoms with Crippen LogP contribution in [0.2, 0.25) is 0 Å². The molecule has 1 aromatic carbocycles. The van der Waals surface area contributed by atoms with E-state index in [4.69, 9.17) is 14.0 Å². The lowest BCUT2D eigenvalue weighted by atomic mass is 9.79. The Morgan fingerprint density at radius 3 is 2.10 bits per heavy atom. The number of thiol groups is 1. The molecule has 2 N–H and O–H groups in total. The number of rotatable bonds is 16. The molecule has 0 bridgehead atoms. The Kier molecular flexibility index (Phi) is 13.2. The predicted molar refractivity (Wildman–Crippen MR) is 163 cm³/mol. The summed E-state index contributed by atoms with van der Waals surface area (Å²) in [4.78, 5) is 24.5. The van der Waals surface area contributed by atoms with Gasteiger partial charge in [0.25, 0.3) is 0 Å². The van der Waals surface area contributed by atoms with E-state index in [1.54, 1.807) is 6.42 Å². The Labute approximate surface area is 247 Å². The van der Waals surface area contributed by atoms with Crippen LogP contribution in [-0.4, -0.2) is 42.6 Å². The van der Waals surface area contributed by atoms with Gasteiger partial charge >= 0.3 is 13.2 Å². The van der Waals surface area contributed by atoms with E-state index in [1.165, 1.54) is 38.5 Å². The minimum Gasteiger partial charge on any atom is -0.445 e. The molecule has 1 heterocycles. The number of alkyl carbamates (subject to hydrolysis) is 1. The highest BCUT2D eigenvalue weighted by Crippen LogP contribution is 2.36. The molecule has 40 heavy (non-hydrogen) atoms. The molecule has 1 aromatic rings. The van der Waals surface area contributed by atoms with Crippen molar-refractivity contribution in [2.75, 3.05) is 12.3 Å². The lowest BCUT2D eigenvalue weighted by molar-refractivity contribution is -0.121. The zero-order valence-corrected chi connectivity index (χ0v) is 25.5. The van der Waals surface area contributed by atoms with Crippen LogP contribution in [0.1, 0.15) is 91.0 Å². The van der Waals surface area contributed by atoms with Crippen LogP contribution in [0.15, 0.2) is 24.3 Å². The topological polar surface area (TPSA) is 85.9 Å². The fourth-order valence-electron chi connectivity index (χ4n) is 4.48. The summed E-state index contributed by atoms with van der Waals surface area (Å²) in [5.41, 5.74) is 1.00. The molecular weight excluding hydrogens is 523 g/mol. The Morgan fingerprint density at radius 2 is 1.48 bits per heavy atom. The molecule has 9 heteroatoms. The van der Waals surface area contributed by atoms with Gasteiger partial charge in [-0.05, 0) is 76.6 Å². The van der Waals surface area contributed by atoms with Crippen LogP contribution in [-0.2, 0) is 25.4 Å². The van der Waals surface area contributed by atoms with Gasteiger partial charge < -0.3 is 24.7 Å². The molecule has 0 unspecified atom stereocenters. The highest BCUT2D eigenvalue weighted by atomic mass is 32.1. The molecule has 0 aromatic heterocycles. The number of ether oxygens (including phenoxy) is 1. The Balaban J connectivity index is 1.24. The van der Waals surface area contributed by atoms with Crippen LogP contribution < -0.4 is 16.1 Å². The minimum atomic E-state index is -0.530. The van der Waals surface area contributed by atoms with Gasteiger partial charge in [-0.15, -0.1) is 0 Å². The Hall–Kier alpha value is -1.71. The molecular formula is C31H46BN2O5S. The van der Waals surface area contributed by atoms with E-state index >= 15 is 0 Å². The van der Waals surface area contributed by atoms with Crippen molar-refractivity contribution >= 4 is 37.2 Å². The lowest BCUT2D eigenvalue weighted by Crippen LogP contribution is -2.41. The first-order valence-electron chi connectivity index (χ1n) is 14.6. The second-order valence-electron chi connectivity index (χ2n) is 11.6. The average molecular weight is 570 g/mol.